The molecule has 0 bridgehead atoms. The molecule has 1 amide bonds. The van der Waals surface area contributed by atoms with Crippen LogP contribution in [0.5, 0.6) is 17.2 Å². The summed E-state index contributed by atoms with van der Waals surface area (Å²) in [4.78, 5) is 28.3. The molecule has 2 N–H and O–H groups in total. The molecule has 3 atom stereocenters. The van der Waals surface area contributed by atoms with Crippen LogP contribution in [0.3, 0.4) is 0 Å². The number of carbonyl (C=O) groups excluding carboxylic acids is 1. The standard InChI is InChI=1S/C31H34N2O6/c1-18(2)23-7-5-6-19(3)29(23)32-27(34)16-33-15-24(21-10-13-25-26(14-21)39-17-38-25)28(31(35)36)30(33)20-8-11-22(37-4)12-9-20/h5-14,18,24,28,30H,15-17H2,1-4H3,(H,32,34)(H,35,36)/t24-,28-,30+/m0/s1. The van der Waals surface area contributed by atoms with Gasteiger partial charge in [0.1, 0.15) is 5.75 Å². The van der Waals surface area contributed by atoms with Crippen LogP contribution in [0.15, 0.2) is 60.7 Å². The Morgan fingerprint density at radius 1 is 1.05 bits per heavy atom. The first-order chi connectivity index (χ1) is 18.8. The Bertz CT molecular complexity index is 1370. The van der Waals surface area contributed by atoms with E-state index >= 15 is 0 Å². The average molecular weight is 531 g/mol. The molecule has 0 spiro atoms. The zero-order chi connectivity index (χ0) is 27.7. The van der Waals surface area contributed by atoms with Crippen LogP contribution in [0.1, 0.15) is 54.0 Å². The number of rotatable bonds is 8. The Morgan fingerprint density at radius 3 is 2.46 bits per heavy atom. The molecule has 1 saturated heterocycles. The van der Waals surface area contributed by atoms with E-state index in [4.69, 9.17) is 14.2 Å². The molecular formula is C31H34N2O6. The van der Waals surface area contributed by atoms with Crippen LogP contribution in [0.25, 0.3) is 0 Å². The number of carboxylic acid groups (broad SMARTS) is 1. The summed E-state index contributed by atoms with van der Waals surface area (Å²) in [5, 5.41) is 13.6. The predicted molar refractivity (Wildman–Crippen MR) is 148 cm³/mol. The van der Waals surface area contributed by atoms with E-state index in [2.05, 4.69) is 19.2 Å². The number of benzene rings is 3. The third-order valence-corrected chi connectivity index (χ3v) is 7.70. The first-order valence-electron chi connectivity index (χ1n) is 13.2. The van der Waals surface area contributed by atoms with E-state index in [9.17, 15) is 14.7 Å². The largest absolute Gasteiger partial charge is 0.497 e. The van der Waals surface area contributed by atoms with E-state index in [1.54, 1.807) is 7.11 Å². The summed E-state index contributed by atoms with van der Waals surface area (Å²) in [5.74, 6) is -0.0624. The maximum absolute atomic E-state index is 13.5. The van der Waals surface area contributed by atoms with Crippen molar-refractivity contribution in [1.82, 2.24) is 4.90 Å². The molecule has 0 aromatic heterocycles. The van der Waals surface area contributed by atoms with Crippen molar-refractivity contribution in [2.24, 2.45) is 5.92 Å². The second-order valence-electron chi connectivity index (χ2n) is 10.5. The van der Waals surface area contributed by atoms with Gasteiger partial charge >= 0.3 is 5.97 Å². The van der Waals surface area contributed by atoms with Gasteiger partial charge in [-0.25, -0.2) is 0 Å². The molecule has 3 aromatic rings. The van der Waals surface area contributed by atoms with E-state index in [0.717, 1.165) is 27.9 Å². The van der Waals surface area contributed by atoms with Gasteiger partial charge in [-0.15, -0.1) is 0 Å². The molecule has 0 saturated carbocycles. The van der Waals surface area contributed by atoms with E-state index < -0.39 is 17.9 Å². The second-order valence-corrected chi connectivity index (χ2v) is 10.5. The van der Waals surface area contributed by atoms with Crippen LogP contribution in [-0.2, 0) is 9.59 Å². The zero-order valence-electron chi connectivity index (χ0n) is 22.6. The zero-order valence-corrected chi connectivity index (χ0v) is 22.6. The van der Waals surface area contributed by atoms with Crippen molar-refractivity contribution in [3.63, 3.8) is 0 Å². The quantitative estimate of drug-likeness (QED) is 0.406. The highest BCUT2D eigenvalue weighted by Gasteiger charge is 2.48. The first-order valence-corrected chi connectivity index (χ1v) is 13.2. The van der Waals surface area contributed by atoms with Crippen molar-refractivity contribution in [3.05, 3.63) is 82.9 Å². The Kier molecular flexibility index (Phi) is 7.48. The molecule has 2 heterocycles. The van der Waals surface area contributed by atoms with Gasteiger partial charge in [-0.2, -0.15) is 0 Å². The topological polar surface area (TPSA) is 97.3 Å². The van der Waals surface area contributed by atoms with Crippen LogP contribution in [-0.4, -0.2) is 48.9 Å². The number of nitrogens with one attached hydrogen (secondary N) is 1. The molecule has 3 aromatic carbocycles. The lowest BCUT2D eigenvalue weighted by Crippen LogP contribution is -2.35. The maximum atomic E-state index is 13.5. The molecule has 0 aliphatic carbocycles. The van der Waals surface area contributed by atoms with E-state index in [-0.39, 0.29) is 31.1 Å². The van der Waals surface area contributed by atoms with Gasteiger partial charge in [-0.3, -0.25) is 14.5 Å². The average Bonchev–Trinajstić information content (AvgIpc) is 3.54. The number of anilines is 1. The highest BCUT2D eigenvalue weighted by Crippen LogP contribution is 2.47. The summed E-state index contributed by atoms with van der Waals surface area (Å²) in [6, 6.07) is 18.5. The summed E-state index contributed by atoms with van der Waals surface area (Å²) in [7, 11) is 1.59. The van der Waals surface area contributed by atoms with Crippen molar-refractivity contribution in [2.45, 2.75) is 38.6 Å². The number of nitrogens with zero attached hydrogens (tertiary/aromatic N) is 1. The summed E-state index contributed by atoms with van der Waals surface area (Å²) in [5.41, 5.74) is 4.54. The summed E-state index contributed by atoms with van der Waals surface area (Å²) < 4.78 is 16.3. The second kappa shape index (κ2) is 11.0. The number of hydrogen-bond acceptors (Lipinski definition) is 6. The Balaban J connectivity index is 1.49. The fourth-order valence-electron chi connectivity index (χ4n) is 5.78. The summed E-state index contributed by atoms with van der Waals surface area (Å²) >= 11 is 0. The van der Waals surface area contributed by atoms with E-state index in [0.29, 0.717) is 23.8 Å². The normalized spacial score (nSPS) is 20.3. The molecule has 8 heteroatoms. The number of amides is 1. The third-order valence-electron chi connectivity index (χ3n) is 7.70. The summed E-state index contributed by atoms with van der Waals surface area (Å²) in [6.45, 7) is 6.76. The fraction of sp³-hybridized carbons (Fsp3) is 0.355. The van der Waals surface area contributed by atoms with Crippen molar-refractivity contribution < 1.29 is 28.9 Å². The number of fused-ring (bicyclic) bond motifs is 1. The lowest BCUT2D eigenvalue weighted by Gasteiger charge is -2.27. The van der Waals surface area contributed by atoms with Crippen molar-refractivity contribution in [2.75, 3.05) is 32.3 Å². The Hall–Kier alpha value is -4.04. The van der Waals surface area contributed by atoms with Gasteiger partial charge in [0.15, 0.2) is 11.5 Å². The Labute approximate surface area is 228 Å². The Morgan fingerprint density at radius 2 is 1.77 bits per heavy atom. The minimum atomic E-state index is -0.914. The fourth-order valence-corrected chi connectivity index (χ4v) is 5.78. The number of carboxylic acids is 1. The molecule has 204 valence electrons. The molecule has 2 aliphatic rings. The van der Waals surface area contributed by atoms with Gasteiger partial charge in [0.05, 0.1) is 19.6 Å². The highest BCUT2D eigenvalue weighted by molar-refractivity contribution is 5.94. The minimum Gasteiger partial charge on any atom is -0.497 e. The number of aryl methyl sites for hydroxylation is 1. The molecule has 2 aliphatic heterocycles. The maximum Gasteiger partial charge on any atom is 0.309 e. The molecule has 8 nitrogen and oxygen atoms in total. The van der Waals surface area contributed by atoms with Crippen LogP contribution in [0, 0.1) is 12.8 Å². The van der Waals surface area contributed by atoms with Crippen molar-refractivity contribution >= 4 is 17.6 Å². The number of likely N-dealkylation sites (tertiary alicyclic amines) is 1. The van der Waals surface area contributed by atoms with Crippen molar-refractivity contribution in [1.29, 1.82) is 0 Å². The number of para-hydroxylation sites is 1. The molecule has 5 rings (SSSR count). The molecule has 0 unspecified atom stereocenters. The van der Waals surface area contributed by atoms with Crippen LogP contribution >= 0.6 is 0 Å². The van der Waals surface area contributed by atoms with Crippen LogP contribution in [0.4, 0.5) is 5.69 Å². The lowest BCUT2D eigenvalue weighted by molar-refractivity contribution is -0.143. The number of aliphatic carboxylic acids is 1. The van der Waals surface area contributed by atoms with Crippen molar-refractivity contribution in [3.8, 4) is 17.2 Å². The highest BCUT2D eigenvalue weighted by atomic mass is 16.7. The smallest absolute Gasteiger partial charge is 0.309 e. The van der Waals surface area contributed by atoms with E-state index in [1.165, 1.54) is 0 Å². The number of methoxy groups -OCH3 is 1. The van der Waals surface area contributed by atoms with E-state index in [1.807, 2.05) is 72.5 Å². The van der Waals surface area contributed by atoms with Gasteiger partial charge < -0.3 is 24.6 Å². The van der Waals surface area contributed by atoms with Crippen LogP contribution in [0.2, 0.25) is 0 Å². The molecule has 0 radical (unpaired) electrons. The van der Waals surface area contributed by atoms with Gasteiger partial charge in [-0.05, 0) is 59.4 Å². The van der Waals surface area contributed by atoms with Gasteiger partial charge in [0.25, 0.3) is 0 Å². The number of hydrogen-bond donors (Lipinski definition) is 2. The molecular weight excluding hydrogens is 496 g/mol. The molecule has 39 heavy (non-hydrogen) atoms. The third kappa shape index (κ3) is 5.29. The minimum absolute atomic E-state index is 0.0490. The lowest BCUT2D eigenvalue weighted by atomic mass is 9.82. The predicted octanol–water partition coefficient (Wildman–Crippen LogP) is 5.34. The molecule has 1 fully saturated rings. The number of ether oxygens (including phenoxy) is 3. The first kappa shape index (κ1) is 26.6. The monoisotopic (exact) mass is 530 g/mol. The van der Waals surface area contributed by atoms with Gasteiger partial charge in [0, 0.05) is 24.2 Å². The van der Waals surface area contributed by atoms with Gasteiger partial charge in [-0.1, -0.05) is 50.2 Å². The van der Waals surface area contributed by atoms with Gasteiger partial charge in [0.2, 0.25) is 12.7 Å². The number of carbonyl (C=O) groups is 2. The summed E-state index contributed by atoms with van der Waals surface area (Å²) in [6.07, 6.45) is 0. The SMILES string of the molecule is COc1ccc([C@@H]2[C@@H](C(=O)O)[C@H](c3ccc4c(c3)OCO4)CN2CC(=O)Nc2c(C)cccc2C(C)C)cc1. The van der Waals surface area contributed by atoms with Crippen LogP contribution < -0.4 is 19.5 Å².